The minimum absolute atomic E-state index is 0.273. The highest BCUT2D eigenvalue weighted by molar-refractivity contribution is 6.34. The van der Waals surface area contributed by atoms with Crippen molar-refractivity contribution < 1.29 is 0 Å². The molecule has 1 aliphatic rings. The van der Waals surface area contributed by atoms with Gasteiger partial charge in [-0.25, -0.2) is 9.97 Å². The van der Waals surface area contributed by atoms with Crippen LogP contribution in [0.4, 0.5) is 11.8 Å². The third-order valence-corrected chi connectivity index (χ3v) is 5.28. The van der Waals surface area contributed by atoms with Crippen LogP contribution in [0.15, 0.2) is 30.3 Å². The highest BCUT2D eigenvalue weighted by Crippen LogP contribution is 2.33. The molecule has 0 aliphatic heterocycles. The molecule has 4 rings (SSSR count). The fourth-order valence-electron chi connectivity index (χ4n) is 3.49. The van der Waals surface area contributed by atoms with Crippen LogP contribution in [-0.4, -0.2) is 21.0 Å². The second kappa shape index (κ2) is 7.25. The number of nitrogens with two attached hydrogens (primary N) is 1. The summed E-state index contributed by atoms with van der Waals surface area (Å²) < 4.78 is 0. The maximum absolute atomic E-state index is 6.27. The molecule has 26 heavy (non-hydrogen) atoms. The van der Waals surface area contributed by atoms with Crippen molar-refractivity contribution in [2.75, 3.05) is 11.1 Å². The van der Waals surface area contributed by atoms with E-state index in [2.05, 4.69) is 20.3 Å². The van der Waals surface area contributed by atoms with E-state index in [1.165, 1.54) is 19.3 Å². The number of pyridine rings is 1. The van der Waals surface area contributed by atoms with Crippen molar-refractivity contribution in [2.24, 2.45) is 0 Å². The van der Waals surface area contributed by atoms with Crippen molar-refractivity contribution in [2.45, 2.75) is 38.1 Å². The molecule has 7 heteroatoms. The number of hydrogen-bond acceptors (Lipinski definition) is 5. The number of anilines is 2. The van der Waals surface area contributed by atoms with Gasteiger partial charge < -0.3 is 11.1 Å². The van der Waals surface area contributed by atoms with Gasteiger partial charge in [0.05, 0.1) is 5.52 Å². The Balaban J connectivity index is 1.78. The Morgan fingerprint density at radius 3 is 2.54 bits per heavy atom. The Bertz CT molecular complexity index is 954. The van der Waals surface area contributed by atoms with E-state index >= 15 is 0 Å². The first kappa shape index (κ1) is 17.3. The van der Waals surface area contributed by atoms with E-state index in [-0.39, 0.29) is 5.95 Å². The maximum atomic E-state index is 6.27. The molecule has 2 aromatic heterocycles. The average Bonchev–Trinajstić information content (AvgIpc) is 2.62. The molecule has 0 atom stereocenters. The zero-order valence-corrected chi connectivity index (χ0v) is 15.7. The number of aromatic nitrogens is 3. The molecule has 0 amide bonds. The summed E-state index contributed by atoms with van der Waals surface area (Å²) in [5.41, 5.74) is 8.47. The molecule has 0 spiro atoms. The van der Waals surface area contributed by atoms with E-state index in [4.69, 9.17) is 28.9 Å². The second-order valence-electron chi connectivity index (χ2n) is 6.61. The van der Waals surface area contributed by atoms with Crippen molar-refractivity contribution >= 4 is 45.9 Å². The van der Waals surface area contributed by atoms with Crippen LogP contribution in [-0.2, 0) is 0 Å². The minimum Gasteiger partial charge on any atom is -0.368 e. The Labute approximate surface area is 162 Å². The number of nitrogens with zero attached hydrogens (tertiary/aromatic N) is 3. The van der Waals surface area contributed by atoms with Gasteiger partial charge in [-0.15, -0.1) is 0 Å². The van der Waals surface area contributed by atoms with E-state index < -0.39 is 0 Å². The third-order valence-electron chi connectivity index (χ3n) is 4.78. The van der Waals surface area contributed by atoms with Gasteiger partial charge in [0.25, 0.3) is 0 Å². The Hall–Kier alpha value is -2.11. The van der Waals surface area contributed by atoms with Crippen LogP contribution >= 0.6 is 23.2 Å². The number of halogens is 2. The lowest BCUT2D eigenvalue weighted by Gasteiger charge is -2.24. The molecule has 0 radical (unpaired) electrons. The number of rotatable bonds is 3. The van der Waals surface area contributed by atoms with Crippen LogP contribution in [0, 0.1) is 0 Å². The SMILES string of the molecule is Nc1nc(NC2CCCCC2)c2cc(-c3ccc(Cl)nc3Cl)ccc2n1. The third kappa shape index (κ3) is 3.55. The number of nitrogen functional groups attached to an aromatic ring is 1. The van der Waals surface area contributed by atoms with Crippen molar-refractivity contribution in [1.82, 2.24) is 15.0 Å². The summed E-state index contributed by atoms with van der Waals surface area (Å²) in [6.45, 7) is 0. The molecule has 0 saturated heterocycles. The molecule has 1 fully saturated rings. The summed E-state index contributed by atoms with van der Waals surface area (Å²) in [6, 6.07) is 9.93. The van der Waals surface area contributed by atoms with Crippen LogP contribution in [0.25, 0.3) is 22.0 Å². The maximum Gasteiger partial charge on any atom is 0.222 e. The molecule has 0 unspecified atom stereocenters. The summed E-state index contributed by atoms with van der Waals surface area (Å²) in [4.78, 5) is 12.9. The van der Waals surface area contributed by atoms with Crippen LogP contribution in [0.5, 0.6) is 0 Å². The fourth-order valence-corrected chi connectivity index (χ4v) is 3.95. The van der Waals surface area contributed by atoms with Crippen LogP contribution in [0.3, 0.4) is 0 Å². The molecule has 0 bridgehead atoms. The van der Waals surface area contributed by atoms with Gasteiger partial charge in [-0.3, -0.25) is 0 Å². The smallest absolute Gasteiger partial charge is 0.222 e. The first-order chi connectivity index (χ1) is 12.6. The predicted molar refractivity (Wildman–Crippen MR) is 108 cm³/mol. The van der Waals surface area contributed by atoms with Gasteiger partial charge in [-0.2, -0.15) is 4.98 Å². The number of benzene rings is 1. The predicted octanol–water partition coefficient (Wildman–Crippen LogP) is 5.33. The lowest BCUT2D eigenvalue weighted by atomic mass is 9.95. The first-order valence-electron chi connectivity index (χ1n) is 8.76. The Kier molecular flexibility index (Phi) is 4.83. The van der Waals surface area contributed by atoms with E-state index in [9.17, 15) is 0 Å². The Morgan fingerprint density at radius 1 is 0.962 bits per heavy atom. The summed E-state index contributed by atoms with van der Waals surface area (Å²) in [7, 11) is 0. The molecular weight excluding hydrogens is 369 g/mol. The van der Waals surface area contributed by atoms with Crippen molar-refractivity contribution in [1.29, 1.82) is 0 Å². The second-order valence-corrected chi connectivity index (χ2v) is 7.36. The van der Waals surface area contributed by atoms with Crippen molar-refractivity contribution in [3.05, 3.63) is 40.6 Å². The monoisotopic (exact) mass is 387 g/mol. The van der Waals surface area contributed by atoms with E-state index in [1.807, 2.05) is 24.3 Å². The zero-order valence-electron chi connectivity index (χ0n) is 14.2. The largest absolute Gasteiger partial charge is 0.368 e. The number of nitrogens with one attached hydrogen (secondary N) is 1. The zero-order chi connectivity index (χ0) is 18.1. The van der Waals surface area contributed by atoms with E-state index in [1.54, 1.807) is 6.07 Å². The highest BCUT2D eigenvalue weighted by Gasteiger charge is 2.16. The first-order valence-corrected chi connectivity index (χ1v) is 9.52. The standard InChI is InChI=1S/C19H19Cl2N5/c20-16-9-7-13(17(21)25-16)11-6-8-15-14(10-11)18(26-19(22)24-15)23-12-4-2-1-3-5-12/h6-10,12H,1-5H2,(H3,22,23,24,26). The molecule has 2 heterocycles. The summed E-state index contributed by atoms with van der Waals surface area (Å²) in [5.74, 6) is 1.05. The molecule has 5 nitrogen and oxygen atoms in total. The summed E-state index contributed by atoms with van der Waals surface area (Å²) in [6.07, 6.45) is 6.09. The average molecular weight is 388 g/mol. The summed E-state index contributed by atoms with van der Waals surface area (Å²) in [5, 5.41) is 5.23. The van der Waals surface area contributed by atoms with Crippen molar-refractivity contribution in [3.8, 4) is 11.1 Å². The van der Waals surface area contributed by atoms with Gasteiger partial charge in [0, 0.05) is 17.0 Å². The number of fused-ring (bicyclic) bond motifs is 1. The van der Waals surface area contributed by atoms with Gasteiger partial charge in [0.2, 0.25) is 5.95 Å². The summed E-state index contributed by atoms with van der Waals surface area (Å²) >= 11 is 12.2. The van der Waals surface area contributed by atoms with Crippen LogP contribution < -0.4 is 11.1 Å². The van der Waals surface area contributed by atoms with Gasteiger partial charge >= 0.3 is 0 Å². The van der Waals surface area contributed by atoms with Gasteiger partial charge in [-0.05, 0) is 42.7 Å². The topological polar surface area (TPSA) is 76.7 Å². The van der Waals surface area contributed by atoms with Gasteiger partial charge in [0.1, 0.15) is 16.1 Å². The molecule has 3 N–H and O–H groups in total. The molecule has 1 saturated carbocycles. The van der Waals surface area contributed by atoms with Crippen LogP contribution in [0.1, 0.15) is 32.1 Å². The molecule has 1 aliphatic carbocycles. The van der Waals surface area contributed by atoms with E-state index in [0.29, 0.717) is 16.3 Å². The van der Waals surface area contributed by atoms with E-state index in [0.717, 1.165) is 40.7 Å². The quantitative estimate of drug-likeness (QED) is 0.594. The van der Waals surface area contributed by atoms with Gasteiger partial charge in [-0.1, -0.05) is 48.5 Å². The fraction of sp³-hybridized carbons (Fsp3) is 0.316. The Morgan fingerprint density at radius 2 is 1.77 bits per heavy atom. The lowest BCUT2D eigenvalue weighted by Crippen LogP contribution is -2.23. The number of hydrogen-bond donors (Lipinski definition) is 2. The minimum atomic E-state index is 0.273. The molecule has 1 aromatic carbocycles. The van der Waals surface area contributed by atoms with Crippen molar-refractivity contribution in [3.63, 3.8) is 0 Å². The molecule has 3 aromatic rings. The normalized spacial score (nSPS) is 15.3. The lowest BCUT2D eigenvalue weighted by molar-refractivity contribution is 0.462. The highest BCUT2D eigenvalue weighted by atomic mass is 35.5. The van der Waals surface area contributed by atoms with Gasteiger partial charge in [0.15, 0.2) is 0 Å². The molecular formula is C19H19Cl2N5. The van der Waals surface area contributed by atoms with Crippen LogP contribution in [0.2, 0.25) is 10.3 Å². The molecule has 134 valence electrons.